The van der Waals surface area contributed by atoms with Crippen LogP contribution in [0.3, 0.4) is 0 Å². The van der Waals surface area contributed by atoms with Crippen LogP contribution in [0.5, 0.6) is 5.75 Å². The second kappa shape index (κ2) is 4.77. The lowest BCUT2D eigenvalue weighted by atomic mass is 9.83. The summed E-state index contributed by atoms with van der Waals surface area (Å²) in [5, 5.41) is 12.5. The maximum atomic E-state index is 10.5. The molecule has 0 radical (unpaired) electrons. The van der Waals surface area contributed by atoms with Crippen LogP contribution in [-0.2, 0) is 11.8 Å². The van der Waals surface area contributed by atoms with Gasteiger partial charge in [-0.2, -0.15) is 0 Å². The molecule has 0 aliphatic heterocycles. The Balaban J connectivity index is 2.45. The van der Waals surface area contributed by atoms with Gasteiger partial charge in [-0.15, -0.1) is 11.3 Å². The molecule has 2 aromatic rings. The van der Waals surface area contributed by atoms with Crippen LogP contribution in [-0.4, -0.2) is 5.11 Å². The van der Waals surface area contributed by atoms with Crippen LogP contribution in [0.4, 0.5) is 0 Å². The highest BCUT2D eigenvalue weighted by molar-refractivity contribution is 7.09. The first-order valence-corrected chi connectivity index (χ1v) is 7.11. The van der Waals surface area contributed by atoms with Crippen molar-refractivity contribution < 1.29 is 5.11 Å². The van der Waals surface area contributed by atoms with Gasteiger partial charge in [-0.05, 0) is 34.9 Å². The van der Waals surface area contributed by atoms with E-state index in [0.29, 0.717) is 5.75 Å². The summed E-state index contributed by atoms with van der Waals surface area (Å²) in [6.45, 7) is 8.50. The van der Waals surface area contributed by atoms with Gasteiger partial charge in [0, 0.05) is 11.3 Å². The average molecular weight is 260 g/mol. The van der Waals surface area contributed by atoms with Crippen molar-refractivity contribution in [3.63, 3.8) is 0 Å². The van der Waals surface area contributed by atoms with Gasteiger partial charge in [0.05, 0.1) is 0 Å². The minimum Gasteiger partial charge on any atom is -0.507 e. The summed E-state index contributed by atoms with van der Waals surface area (Å²) < 4.78 is 0. The quantitative estimate of drug-likeness (QED) is 0.833. The molecule has 0 unspecified atom stereocenters. The lowest BCUT2D eigenvalue weighted by Gasteiger charge is -2.22. The van der Waals surface area contributed by atoms with Crippen LogP contribution in [0.1, 0.15) is 42.3 Å². The Hall–Kier alpha value is -1.28. The van der Waals surface area contributed by atoms with E-state index in [1.54, 1.807) is 11.3 Å². The minimum absolute atomic E-state index is 0.0275. The molecule has 18 heavy (non-hydrogen) atoms. The SMILES string of the molecule is Cc1cc(Cc2cccs2)c(O)c(C(C)(C)C)c1. The summed E-state index contributed by atoms with van der Waals surface area (Å²) in [4.78, 5) is 1.29. The summed E-state index contributed by atoms with van der Waals surface area (Å²) in [5.41, 5.74) is 3.25. The summed E-state index contributed by atoms with van der Waals surface area (Å²) in [6.07, 6.45) is 0.814. The molecule has 0 saturated carbocycles. The van der Waals surface area contributed by atoms with E-state index in [0.717, 1.165) is 17.5 Å². The smallest absolute Gasteiger partial charge is 0.122 e. The topological polar surface area (TPSA) is 20.2 Å². The first-order valence-electron chi connectivity index (χ1n) is 6.23. The number of hydrogen-bond acceptors (Lipinski definition) is 2. The van der Waals surface area contributed by atoms with Crippen molar-refractivity contribution in [3.05, 3.63) is 51.2 Å². The number of thiophene rings is 1. The second-order valence-electron chi connectivity index (χ2n) is 5.83. The van der Waals surface area contributed by atoms with Crippen molar-refractivity contribution in [1.82, 2.24) is 0 Å². The normalized spacial score (nSPS) is 11.8. The highest BCUT2D eigenvalue weighted by Gasteiger charge is 2.20. The van der Waals surface area contributed by atoms with Crippen LogP contribution in [0.2, 0.25) is 0 Å². The average Bonchev–Trinajstić information content (AvgIpc) is 2.74. The van der Waals surface area contributed by atoms with Crippen molar-refractivity contribution in [2.24, 2.45) is 0 Å². The summed E-state index contributed by atoms with van der Waals surface area (Å²) >= 11 is 1.73. The summed E-state index contributed by atoms with van der Waals surface area (Å²) in [7, 11) is 0. The second-order valence-corrected chi connectivity index (χ2v) is 6.86. The molecular formula is C16H20OS. The van der Waals surface area contributed by atoms with Gasteiger partial charge in [0.1, 0.15) is 5.75 Å². The highest BCUT2D eigenvalue weighted by Crippen LogP contribution is 2.35. The molecule has 2 heteroatoms. The van der Waals surface area contributed by atoms with E-state index in [2.05, 4.69) is 57.3 Å². The van der Waals surface area contributed by atoms with E-state index in [4.69, 9.17) is 0 Å². The lowest BCUT2D eigenvalue weighted by molar-refractivity contribution is 0.441. The Morgan fingerprint density at radius 2 is 1.94 bits per heavy atom. The monoisotopic (exact) mass is 260 g/mol. The standard InChI is InChI=1S/C16H20OS/c1-11-8-12(10-13-6-5-7-18-13)15(17)14(9-11)16(2,3)4/h5-9,17H,10H2,1-4H3. The molecule has 0 amide bonds. The number of rotatable bonds is 2. The predicted octanol–water partition coefficient (Wildman–Crippen LogP) is 4.65. The highest BCUT2D eigenvalue weighted by atomic mass is 32.1. The fraction of sp³-hybridized carbons (Fsp3) is 0.375. The minimum atomic E-state index is -0.0275. The molecule has 0 spiro atoms. The third kappa shape index (κ3) is 2.75. The van der Waals surface area contributed by atoms with Crippen molar-refractivity contribution >= 4 is 11.3 Å². The molecule has 2 rings (SSSR count). The fourth-order valence-electron chi connectivity index (χ4n) is 2.16. The zero-order valence-electron chi connectivity index (χ0n) is 11.4. The van der Waals surface area contributed by atoms with Gasteiger partial charge < -0.3 is 5.11 Å². The molecule has 0 fully saturated rings. The fourth-order valence-corrected chi connectivity index (χ4v) is 2.89. The van der Waals surface area contributed by atoms with Crippen LogP contribution in [0.25, 0.3) is 0 Å². The van der Waals surface area contributed by atoms with Gasteiger partial charge in [-0.3, -0.25) is 0 Å². The van der Waals surface area contributed by atoms with Gasteiger partial charge in [-0.1, -0.05) is 44.5 Å². The van der Waals surface area contributed by atoms with E-state index in [-0.39, 0.29) is 5.41 Å². The Morgan fingerprint density at radius 3 is 2.50 bits per heavy atom. The van der Waals surface area contributed by atoms with Crippen molar-refractivity contribution in [1.29, 1.82) is 0 Å². The number of phenolic OH excluding ortho intramolecular Hbond substituents is 1. The zero-order valence-corrected chi connectivity index (χ0v) is 12.3. The van der Waals surface area contributed by atoms with Gasteiger partial charge >= 0.3 is 0 Å². The number of benzene rings is 1. The molecule has 0 bridgehead atoms. The molecule has 1 N–H and O–H groups in total. The Kier molecular flexibility index (Phi) is 3.49. The molecule has 96 valence electrons. The van der Waals surface area contributed by atoms with Crippen molar-refractivity contribution in [2.75, 3.05) is 0 Å². The van der Waals surface area contributed by atoms with Crippen molar-refractivity contribution in [2.45, 2.75) is 39.5 Å². The third-order valence-corrected chi connectivity index (χ3v) is 3.96. The van der Waals surface area contributed by atoms with Crippen LogP contribution in [0.15, 0.2) is 29.6 Å². The van der Waals surface area contributed by atoms with Gasteiger partial charge in [0.25, 0.3) is 0 Å². The molecule has 1 aromatic heterocycles. The van der Waals surface area contributed by atoms with Crippen molar-refractivity contribution in [3.8, 4) is 5.75 Å². The van der Waals surface area contributed by atoms with E-state index < -0.39 is 0 Å². The van der Waals surface area contributed by atoms with Crippen LogP contribution < -0.4 is 0 Å². The number of hydrogen-bond donors (Lipinski definition) is 1. The number of phenols is 1. The molecule has 0 aliphatic carbocycles. The van der Waals surface area contributed by atoms with Gasteiger partial charge in [-0.25, -0.2) is 0 Å². The molecule has 1 nitrogen and oxygen atoms in total. The maximum Gasteiger partial charge on any atom is 0.122 e. The van der Waals surface area contributed by atoms with E-state index in [1.807, 2.05) is 0 Å². The third-order valence-electron chi connectivity index (χ3n) is 3.09. The van der Waals surface area contributed by atoms with E-state index >= 15 is 0 Å². The molecule has 1 heterocycles. The molecule has 0 atom stereocenters. The summed E-state index contributed by atoms with van der Waals surface area (Å²) in [5.74, 6) is 0.460. The molecule has 0 saturated heterocycles. The lowest BCUT2D eigenvalue weighted by Crippen LogP contribution is -2.12. The van der Waals surface area contributed by atoms with Gasteiger partial charge in [0.2, 0.25) is 0 Å². The number of aryl methyl sites for hydroxylation is 1. The first kappa shape index (κ1) is 13.2. The maximum absolute atomic E-state index is 10.5. The molecule has 1 aromatic carbocycles. The van der Waals surface area contributed by atoms with E-state index in [9.17, 15) is 5.11 Å². The molecular weight excluding hydrogens is 240 g/mol. The van der Waals surface area contributed by atoms with Crippen LogP contribution in [0, 0.1) is 6.92 Å². The zero-order chi connectivity index (χ0) is 13.3. The van der Waals surface area contributed by atoms with E-state index in [1.165, 1.54) is 10.4 Å². The first-order chi connectivity index (χ1) is 8.38. The Bertz CT molecular complexity index is 533. The van der Waals surface area contributed by atoms with Gasteiger partial charge in [0.15, 0.2) is 0 Å². The predicted molar refractivity (Wildman–Crippen MR) is 78.7 cm³/mol. The molecule has 0 aliphatic rings. The Labute approximate surface area is 113 Å². The Morgan fingerprint density at radius 1 is 1.22 bits per heavy atom. The van der Waals surface area contributed by atoms with Crippen LogP contribution >= 0.6 is 11.3 Å². The number of aromatic hydroxyl groups is 1. The summed E-state index contributed by atoms with van der Waals surface area (Å²) in [6, 6.07) is 8.35. The largest absolute Gasteiger partial charge is 0.507 e.